The van der Waals surface area contributed by atoms with E-state index < -0.39 is 11.5 Å². The number of nitrogens with two attached hydrogens (primary N) is 1. The van der Waals surface area contributed by atoms with E-state index in [9.17, 15) is 9.90 Å². The molecule has 2 rings (SSSR count). The maximum absolute atomic E-state index is 11.3. The van der Waals surface area contributed by atoms with Crippen molar-refractivity contribution >= 4 is 5.97 Å². The van der Waals surface area contributed by atoms with Gasteiger partial charge >= 0.3 is 5.97 Å². The molecule has 3 N–H and O–H groups in total. The predicted octanol–water partition coefficient (Wildman–Crippen LogP) is -0.101. The summed E-state index contributed by atoms with van der Waals surface area (Å²) in [5.74, 6) is -0.711. The standard InChI is InChI=1S/C11H20N2O3/c1-8-6-13(4-5-16-8)7-11(12,10(14)15)9-2-3-9/h8-9H,2-7,12H2,1H3,(H,14,15). The van der Waals surface area contributed by atoms with Gasteiger partial charge in [0.25, 0.3) is 0 Å². The number of carbonyl (C=O) groups is 1. The highest BCUT2D eigenvalue weighted by Crippen LogP contribution is 2.39. The van der Waals surface area contributed by atoms with Crippen molar-refractivity contribution in [1.29, 1.82) is 0 Å². The number of aliphatic carboxylic acids is 1. The molecule has 1 aliphatic carbocycles. The Morgan fingerprint density at radius 3 is 2.81 bits per heavy atom. The Labute approximate surface area is 95.5 Å². The van der Waals surface area contributed by atoms with Gasteiger partial charge in [-0.25, -0.2) is 0 Å². The number of hydrogen-bond donors (Lipinski definition) is 2. The van der Waals surface area contributed by atoms with Crippen molar-refractivity contribution in [2.45, 2.75) is 31.4 Å². The number of carboxylic acid groups (broad SMARTS) is 1. The SMILES string of the molecule is CC1CN(CC(N)(C(=O)O)C2CC2)CCO1. The van der Waals surface area contributed by atoms with E-state index in [1.807, 2.05) is 6.92 Å². The first-order chi connectivity index (χ1) is 7.52. The number of nitrogens with zero attached hydrogens (tertiary/aromatic N) is 1. The van der Waals surface area contributed by atoms with Crippen molar-refractivity contribution in [1.82, 2.24) is 4.90 Å². The van der Waals surface area contributed by atoms with Crippen molar-refractivity contribution in [3.8, 4) is 0 Å². The number of hydrogen-bond acceptors (Lipinski definition) is 4. The molecule has 1 heterocycles. The molecule has 2 atom stereocenters. The van der Waals surface area contributed by atoms with Gasteiger partial charge in [-0.1, -0.05) is 0 Å². The molecule has 2 fully saturated rings. The average molecular weight is 228 g/mol. The van der Waals surface area contributed by atoms with E-state index in [1.165, 1.54) is 0 Å². The summed E-state index contributed by atoms with van der Waals surface area (Å²) in [5, 5.41) is 9.26. The van der Waals surface area contributed by atoms with Gasteiger partial charge in [0, 0.05) is 19.6 Å². The molecule has 5 heteroatoms. The molecule has 5 nitrogen and oxygen atoms in total. The van der Waals surface area contributed by atoms with Crippen LogP contribution in [-0.4, -0.2) is 53.9 Å². The van der Waals surface area contributed by atoms with Gasteiger partial charge in [-0.15, -0.1) is 0 Å². The molecule has 16 heavy (non-hydrogen) atoms. The maximum atomic E-state index is 11.3. The van der Waals surface area contributed by atoms with Gasteiger partial charge < -0.3 is 15.6 Å². The number of morpholine rings is 1. The molecule has 2 aliphatic rings. The molecule has 1 saturated heterocycles. The molecule has 0 radical (unpaired) electrons. The minimum absolute atomic E-state index is 0.156. The van der Waals surface area contributed by atoms with Gasteiger partial charge in [-0.05, 0) is 25.7 Å². The number of carboxylic acids is 1. The van der Waals surface area contributed by atoms with Gasteiger partial charge in [0.05, 0.1) is 12.7 Å². The summed E-state index contributed by atoms with van der Waals surface area (Å²) in [6, 6.07) is 0. The quantitative estimate of drug-likeness (QED) is 0.702. The van der Waals surface area contributed by atoms with E-state index in [-0.39, 0.29) is 12.0 Å². The molecule has 2 unspecified atom stereocenters. The van der Waals surface area contributed by atoms with E-state index >= 15 is 0 Å². The third-order valence-electron chi connectivity index (χ3n) is 3.51. The fourth-order valence-electron chi connectivity index (χ4n) is 2.37. The van der Waals surface area contributed by atoms with Crippen molar-refractivity contribution in [3.05, 3.63) is 0 Å². The highest BCUT2D eigenvalue weighted by Gasteiger charge is 2.49. The molecule has 0 amide bonds. The molecule has 0 spiro atoms. The zero-order chi connectivity index (χ0) is 11.8. The van der Waals surface area contributed by atoms with Crippen LogP contribution < -0.4 is 5.73 Å². The summed E-state index contributed by atoms with van der Waals surface area (Å²) in [6.45, 7) is 4.67. The number of ether oxygens (including phenoxy) is 1. The third kappa shape index (κ3) is 2.36. The Balaban J connectivity index is 1.97. The van der Waals surface area contributed by atoms with Crippen LogP contribution in [0.15, 0.2) is 0 Å². The first kappa shape index (κ1) is 11.8. The summed E-state index contributed by atoms with van der Waals surface area (Å²) in [7, 11) is 0. The molecular formula is C11H20N2O3. The lowest BCUT2D eigenvalue weighted by Gasteiger charge is -2.36. The van der Waals surface area contributed by atoms with E-state index in [0.29, 0.717) is 13.2 Å². The molecule has 0 aromatic heterocycles. The topological polar surface area (TPSA) is 75.8 Å². The Bertz CT molecular complexity index is 280. The van der Waals surface area contributed by atoms with Crippen molar-refractivity contribution < 1.29 is 14.6 Å². The van der Waals surface area contributed by atoms with E-state index in [1.54, 1.807) is 0 Å². The smallest absolute Gasteiger partial charge is 0.325 e. The van der Waals surface area contributed by atoms with Crippen LogP contribution >= 0.6 is 0 Å². The van der Waals surface area contributed by atoms with E-state index in [0.717, 1.165) is 25.9 Å². The Hall–Kier alpha value is -0.650. The Morgan fingerprint density at radius 2 is 2.31 bits per heavy atom. The predicted molar refractivity (Wildman–Crippen MR) is 59.1 cm³/mol. The third-order valence-corrected chi connectivity index (χ3v) is 3.51. The van der Waals surface area contributed by atoms with Gasteiger partial charge in [0.15, 0.2) is 0 Å². The lowest BCUT2D eigenvalue weighted by atomic mass is 9.93. The van der Waals surface area contributed by atoms with Crippen LogP contribution in [-0.2, 0) is 9.53 Å². The molecule has 92 valence electrons. The van der Waals surface area contributed by atoms with Crippen LogP contribution in [0.5, 0.6) is 0 Å². The summed E-state index contributed by atoms with van der Waals surface area (Å²) in [4.78, 5) is 13.4. The zero-order valence-corrected chi connectivity index (χ0v) is 9.69. The minimum Gasteiger partial charge on any atom is -0.480 e. The first-order valence-electron chi connectivity index (χ1n) is 5.88. The molecule has 0 bridgehead atoms. The summed E-state index contributed by atoms with van der Waals surface area (Å²) < 4.78 is 5.43. The van der Waals surface area contributed by atoms with Crippen LogP contribution in [0.2, 0.25) is 0 Å². The Morgan fingerprint density at radius 1 is 1.62 bits per heavy atom. The van der Waals surface area contributed by atoms with Crippen LogP contribution in [0, 0.1) is 5.92 Å². The molecule has 0 aromatic rings. The highest BCUT2D eigenvalue weighted by atomic mass is 16.5. The van der Waals surface area contributed by atoms with Crippen LogP contribution in [0.3, 0.4) is 0 Å². The van der Waals surface area contributed by atoms with Gasteiger partial charge in [0.2, 0.25) is 0 Å². The van der Waals surface area contributed by atoms with Gasteiger partial charge in [-0.3, -0.25) is 9.69 Å². The van der Waals surface area contributed by atoms with Crippen LogP contribution in [0.4, 0.5) is 0 Å². The van der Waals surface area contributed by atoms with E-state index in [2.05, 4.69) is 4.90 Å². The normalized spacial score (nSPS) is 31.0. The van der Waals surface area contributed by atoms with Crippen molar-refractivity contribution in [2.75, 3.05) is 26.2 Å². The largest absolute Gasteiger partial charge is 0.480 e. The molecule has 1 saturated carbocycles. The summed E-state index contributed by atoms with van der Waals surface area (Å²) >= 11 is 0. The molecule has 0 aromatic carbocycles. The van der Waals surface area contributed by atoms with Crippen LogP contribution in [0.25, 0.3) is 0 Å². The average Bonchev–Trinajstić information content (AvgIpc) is 3.00. The second-order valence-electron chi connectivity index (χ2n) is 5.04. The summed E-state index contributed by atoms with van der Waals surface area (Å²) in [6.07, 6.45) is 2.07. The zero-order valence-electron chi connectivity index (χ0n) is 9.69. The molecule has 1 aliphatic heterocycles. The number of rotatable bonds is 4. The monoisotopic (exact) mass is 228 g/mol. The minimum atomic E-state index is -1.06. The highest BCUT2D eigenvalue weighted by molar-refractivity contribution is 5.79. The second kappa shape index (κ2) is 4.31. The maximum Gasteiger partial charge on any atom is 0.325 e. The van der Waals surface area contributed by atoms with Crippen molar-refractivity contribution in [3.63, 3.8) is 0 Å². The fraction of sp³-hybridized carbons (Fsp3) is 0.909. The molecular weight excluding hydrogens is 208 g/mol. The lowest BCUT2D eigenvalue weighted by Crippen LogP contribution is -2.60. The lowest BCUT2D eigenvalue weighted by molar-refractivity contribution is -0.146. The fourth-order valence-corrected chi connectivity index (χ4v) is 2.37. The van der Waals surface area contributed by atoms with Crippen LogP contribution in [0.1, 0.15) is 19.8 Å². The van der Waals surface area contributed by atoms with Gasteiger partial charge in [0.1, 0.15) is 5.54 Å². The second-order valence-corrected chi connectivity index (χ2v) is 5.04. The van der Waals surface area contributed by atoms with E-state index in [4.69, 9.17) is 10.5 Å². The van der Waals surface area contributed by atoms with Crippen molar-refractivity contribution in [2.24, 2.45) is 11.7 Å². The first-order valence-corrected chi connectivity index (χ1v) is 5.88. The van der Waals surface area contributed by atoms with Gasteiger partial charge in [-0.2, -0.15) is 0 Å². The summed E-state index contributed by atoms with van der Waals surface area (Å²) in [5.41, 5.74) is 4.98. The Kier molecular flexibility index (Phi) is 3.19.